The summed E-state index contributed by atoms with van der Waals surface area (Å²) >= 11 is 17.8. The Labute approximate surface area is 125 Å². The average molecular weight is 316 g/mol. The first-order valence-electron chi connectivity index (χ1n) is 5.42. The second-order valence-corrected chi connectivity index (χ2v) is 5.02. The molecule has 98 valence electrons. The van der Waals surface area contributed by atoms with Gasteiger partial charge in [0.15, 0.2) is 6.29 Å². The van der Waals surface area contributed by atoms with Crippen molar-refractivity contribution < 1.29 is 9.53 Å². The highest BCUT2D eigenvalue weighted by Crippen LogP contribution is 2.27. The second kappa shape index (κ2) is 6.29. The zero-order chi connectivity index (χ0) is 13.8. The standard InChI is InChI=1S/C14H9Cl3O2/c15-11-4-5-13(10(6-11)7-18)19-8-9-2-1-3-12(16)14(9)17/h1-7H,8H2. The summed E-state index contributed by atoms with van der Waals surface area (Å²) in [7, 11) is 0. The van der Waals surface area contributed by atoms with Crippen LogP contribution in [0.5, 0.6) is 5.75 Å². The van der Waals surface area contributed by atoms with Crippen molar-refractivity contribution in [1.82, 2.24) is 0 Å². The summed E-state index contributed by atoms with van der Waals surface area (Å²) in [5, 5.41) is 1.40. The Morgan fingerprint density at radius 2 is 1.89 bits per heavy atom. The Balaban J connectivity index is 2.19. The van der Waals surface area contributed by atoms with Crippen LogP contribution in [0.1, 0.15) is 15.9 Å². The Hall–Kier alpha value is -1.22. The van der Waals surface area contributed by atoms with Crippen molar-refractivity contribution in [2.45, 2.75) is 6.61 Å². The average Bonchev–Trinajstić information content (AvgIpc) is 2.41. The van der Waals surface area contributed by atoms with E-state index in [1.165, 1.54) is 0 Å². The maximum atomic E-state index is 10.9. The molecule has 2 nitrogen and oxygen atoms in total. The van der Waals surface area contributed by atoms with Gasteiger partial charge in [-0.3, -0.25) is 4.79 Å². The van der Waals surface area contributed by atoms with E-state index in [0.29, 0.717) is 32.7 Å². The lowest BCUT2D eigenvalue weighted by Crippen LogP contribution is -1.99. The molecule has 0 aliphatic rings. The summed E-state index contributed by atoms with van der Waals surface area (Å²) in [6.07, 6.45) is 0.695. The van der Waals surface area contributed by atoms with Gasteiger partial charge in [-0.25, -0.2) is 0 Å². The van der Waals surface area contributed by atoms with Gasteiger partial charge in [-0.05, 0) is 24.3 Å². The molecule has 19 heavy (non-hydrogen) atoms. The van der Waals surface area contributed by atoms with E-state index in [2.05, 4.69) is 0 Å². The first-order valence-corrected chi connectivity index (χ1v) is 6.55. The van der Waals surface area contributed by atoms with Crippen LogP contribution in [0.4, 0.5) is 0 Å². The van der Waals surface area contributed by atoms with Gasteiger partial charge < -0.3 is 4.74 Å². The van der Waals surface area contributed by atoms with Crippen LogP contribution < -0.4 is 4.74 Å². The van der Waals surface area contributed by atoms with Crippen LogP contribution in [-0.2, 0) is 6.61 Å². The summed E-state index contributed by atoms with van der Waals surface area (Å²) in [6, 6.07) is 10.1. The minimum atomic E-state index is 0.224. The van der Waals surface area contributed by atoms with Gasteiger partial charge in [-0.2, -0.15) is 0 Å². The number of carbonyl (C=O) groups excluding carboxylic acids is 1. The number of rotatable bonds is 4. The number of carbonyl (C=O) groups is 1. The van der Waals surface area contributed by atoms with Gasteiger partial charge in [0.2, 0.25) is 0 Å². The van der Waals surface area contributed by atoms with Gasteiger partial charge in [0.05, 0.1) is 15.6 Å². The van der Waals surface area contributed by atoms with Crippen molar-refractivity contribution in [3.05, 3.63) is 62.6 Å². The summed E-state index contributed by atoms with van der Waals surface area (Å²) < 4.78 is 5.57. The highest BCUT2D eigenvalue weighted by molar-refractivity contribution is 6.42. The van der Waals surface area contributed by atoms with Gasteiger partial charge in [0, 0.05) is 10.6 Å². The lowest BCUT2D eigenvalue weighted by Gasteiger charge is -2.10. The quantitative estimate of drug-likeness (QED) is 0.739. The smallest absolute Gasteiger partial charge is 0.153 e. The number of ether oxygens (including phenoxy) is 1. The van der Waals surface area contributed by atoms with Gasteiger partial charge in [-0.1, -0.05) is 46.9 Å². The third-order valence-electron chi connectivity index (χ3n) is 2.51. The third-order valence-corrected chi connectivity index (χ3v) is 3.61. The van der Waals surface area contributed by atoms with Gasteiger partial charge >= 0.3 is 0 Å². The molecule has 0 unspecified atom stereocenters. The van der Waals surface area contributed by atoms with Crippen molar-refractivity contribution in [3.8, 4) is 5.75 Å². The number of benzene rings is 2. The molecule has 2 aromatic carbocycles. The zero-order valence-electron chi connectivity index (χ0n) is 9.70. The molecule has 0 aliphatic carbocycles. The largest absolute Gasteiger partial charge is 0.488 e. The van der Waals surface area contributed by atoms with E-state index >= 15 is 0 Å². The lowest BCUT2D eigenvalue weighted by atomic mass is 10.2. The van der Waals surface area contributed by atoms with E-state index in [4.69, 9.17) is 39.5 Å². The molecule has 0 atom stereocenters. The van der Waals surface area contributed by atoms with Crippen molar-refractivity contribution in [2.75, 3.05) is 0 Å². The molecule has 0 aliphatic heterocycles. The van der Waals surface area contributed by atoms with E-state index < -0.39 is 0 Å². The SMILES string of the molecule is O=Cc1cc(Cl)ccc1OCc1cccc(Cl)c1Cl. The van der Waals surface area contributed by atoms with Crippen LogP contribution in [0.25, 0.3) is 0 Å². The molecule has 2 rings (SSSR count). The van der Waals surface area contributed by atoms with Crippen molar-refractivity contribution in [2.24, 2.45) is 0 Å². The molecule has 0 radical (unpaired) electrons. The van der Waals surface area contributed by atoms with E-state index in [1.807, 2.05) is 6.07 Å². The molecule has 0 saturated heterocycles. The Bertz CT molecular complexity index is 612. The number of halogens is 3. The van der Waals surface area contributed by atoms with E-state index in [9.17, 15) is 4.79 Å². The molecule has 0 saturated carbocycles. The number of aldehydes is 1. The van der Waals surface area contributed by atoms with Crippen LogP contribution in [-0.4, -0.2) is 6.29 Å². The fraction of sp³-hybridized carbons (Fsp3) is 0.0714. The second-order valence-electron chi connectivity index (χ2n) is 3.80. The van der Waals surface area contributed by atoms with Gasteiger partial charge in [0.1, 0.15) is 12.4 Å². The molecule has 0 fully saturated rings. The van der Waals surface area contributed by atoms with Crippen molar-refractivity contribution in [3.63, 3.8) is 0 Å². The van der Waals surface area contributed by atoms with E-state index in [0.717, 1.165) is 5.56 Å². The van der Waals surface area contributed by atoms with Gasteiger partial charge in [-0.15, -0.1) is 0 Å². The minimum absolute atomic E-state index is 0.224. The highest BCUT2D eigenvalue weighted by atomic mass is 35.5. The predicted octanol–water partition coefficient (Wildman–Crippen LogP) is 5.04. The molecular formula is C14H9Cl3O2. The molecular weight excluding hydrogens is 307 g/mol. The Kier molecular flexibility index (Phi) is 4.70. The molecule has 0 N–H and O–H groups in total. The molecule has 2 aromatic rings. The predicted molar refractivity (Wildman–Crippen MR) is 77.6 cm³/mol. The third kappa shape index (κ3) is 3.41. The molecule has 0 aromatic heterocycles. The first-order chi connectivity index (χ1) is 9.11. The summed E-state index contributed by atoms with van der Waals surface area (Å²) in [6.45, 7) is 0.224. The Morgan fingerprint density at radius 3 is 2.63 bits per heavy atom. The highest BCUT2D eigenvalue weighted by Gasteiger charge is 2.08. The first kappa shape index (κ1) is 14.2. The molecule has 0 spiro atoms. The van der Waals surface area contributed by atoms with E-state index in [-0.39, 0.29) is 6.61 Å². The monoisotopic (exact) mass is 314 g/mol. The zero-order valence-corrected chi connectivity index (χ0v) is 12.0. The lowest BCUT2D eigenvalue weighted by molar-refractivity contribution is 0.111. The van der Waals surface area contributed by atoms with Crippen LogP contribution in [0.3, 0.4) is 0 Å². The number of hydrogen-bond donors (Lipinski definition) is 0. The van der Waals surface area contributed by atoms with Crippen LogP contribution in [0.2, 0.25) is 15.1 Å². The fourth-order valence-electron chi connectivity index (χ4n) is 1.56. The van der Waals surface area contributed by atoms with Crippen molar-refractivity contribution >= 4 is 41.1 Å². The minimum Gasteiger partial charge on any atom is -0.488 e. The summed E-state index contributed by atoms with van der Waals surface area (Å²) in [4.78, 5) is 10.9. The van der Waals surface area contributed by atoms with Gasteiger partial charge in [0.25, 0.3) is 0 Å². The van der Waals surface area contributed by atoms with Crippen LogP contribution >= 0.6 is 34.8 Å². The van der Waals surface area contributed by atoms with Crippen LogP contribution in [0.15, 0.2) is 36.4 Å². The molecule has 5 heteroatoms. The Morgan fingerprint density at radius 1 is 1.11 bits per heavy atom. The topological polar surface area (TPSA) is 26.3 Å². The summed E-state index contributed by atoms with van der Waals surface area (Å²) in [5.74, 6) is 0.454. The fourth-order valence-corrected chi connectivity index (χ4v) is 2.11. The summed E-state index contributed by atoms with van der Waals surface area (Å²) in [5.41, 5.74) is 1.15. The molecule has 0 heterocycles. The maximum absolute atomic E-state index is 10.9. The normalized spacial score (nSPS) is 10.3. The maximum Gasteiger partial charge on any atom is 0.153 e. The molecule has 0 bridgehead atoms. The number of hydrogen-bond acceptors (Lipinski definition) is 2. The van der Waals surface area contributed by atoms with Crippen molar-refractivity contribution in [1.29, 1.82) is 0 Å². The van der Waals surface area contributed by atoms with Crippen LogP contribution in [0, 0.1) is 0 Å². The molecule has 0 amide bonds. The van der Waals surface area contributed by atoms with E-state index in [1.54, 1.807) is 30.3 Å².